The molecule has 6 heteroatoms. The smallest absolute Gasteiger partial charge is 0.265 e. The monoisotopic (exact) mass is 325 g/mol. The number of anilines is 1. The van der Waals surface area contributed by atoms with E-state index in [-0.39, 0.29) is 10.8 Å². The van der Waals surface area contributed by atoms with Gasteiger partial charge in [-0.05, 0) is 36.8 Å². The van der Waals surface area contributed by atoms with Gasteiger partial charge in [-0.25, -0.2) is 8.78 Å². The fraction of sp³-hybridized carbons (Fsp3) is 0.188. The van der Waals surface area contributed by atoms with Crippen molar-refractivity contribution in [1.82, 2.24) is 0 Å². The Bertz CT molecular complexity index is 679. The first-order chi connectivity index (χ1) is 10.5. The minimum atomic E-state index is -0.874. The lowest BCUT2D eigenvalue weighted by Gasteiger charge is -2.17. The van der Waals surface area contributed by atoms with Crippen LogP contribution < -0.4 is 10.1 Å². The molecule has 0 aromatic heterocycles. The van der Waals surface area contributed by atoms with Crippen LogP contribution in [0, 0.1) is 11.6 Å². The van der Waals surface area contributed by atoms with Crippen molar-refractivity contribution in [2.24, 2.45) is 0 Å². The van der Waals surface area contributed by atoms with E-state index < -0.39 is 23.6 Å². The van der Waals surface area contributed by atoms with Gasteiger partial charge >= 0.3 is 0 Å². The lowest BCUT2D eigenvalue weighted by atomic mass is 10.2. The molecule has 0 saturated carbocycles. The van der Waals surface area contributed by atoms with Crippen molar-refractivity contribution in [2.75, 3.05) is 5.32 Å². The van der Waals surface area contributed by atoms with Crippen molar-refractivity contribution in [1.29, 1.82) is 0 Å². The van der Waals surface area contributed by atoms with Crippen LogP contribution in [-0.2, 0) is 4.79 Å². The van der Waals surface area contributed by atoms with Crippen LogP contribution in [0.4, 0.5) is 14.5 Å². The van der Waals surface area contributed by atoms with Gasteiger partial charge in [0.1, 0.15) is 5.82 Å². The average molecular weight is 326 g/mol. The van der Waals surface area contributed by atoms with Crippen LogP contribution in [0.1, 0.15) is 13.3 Å². The average Bonchev–Trinajstić information content (AvgIpc) is 2.50. The van der Waals surface area contributed by atoms with E-state index in [1.54, 1.807) is 13.0 Å². The zero-order chi connectivity index (χ0) is 16.1. The highest BCUT2D eigenvalue weighted by molar-refractivity contribution is 6.31. The minimum Gasteiger partial charge on any atom is -0.478 e. The summed E-state index contributed by atoms with van der Waals surface area (Å²) in [6, 6.07) is 9.67. The van der Waals surface area contributed by atoms with E-state index in [1.165, 1.54) is 30.3 Å². The molecule has 0 unspecified atom stereocenters. The Morgan fingerprint density at radius 3 is 2.59 bits per heavy atom. The summed E-state index contributed by atoms with van der Waals surface area (Å²) in [5.74, 6) is -1.58. The number of hydrogen-bond acceptors (Lipinski definition) is 2. The molecule has 2 rings (SSSR count). The first kappa shape index (κ1) is 16.2. The van der Waals surface area contributed by atoms with Crippen molar-refractivity contribution in [3.05, 3.63) is 59.1 Å². The Labute approximate surface area is 131 Å². The molecule has 0 aliphatic carbocycles. The van der Waals surface area contributed by atoms with Crippen LogP contribution in [0.5, 0.6) is 5.75 Å². The summed E-state index contributed by atoms with van der Waals surface area (Å²) in [7, 11) is 0. The van der Waals surface area contributed by atoms with Crippen LogP contribution in [0.2, 0.25) is 5.02 Å². The van der Waals surface area contributed by atoms with Crippen molar-refractivity contribution in [2.45, 2.75) is 19.4 Å². The molecule has 1 amide bonds. The van der Waals surface area contributed by atoms with Crippen LogP contribution in [-0.4, -0.2) is 12.0 Å². The Morgan fingerprint density at radius 2 is 1.95 bits per heavy atom. The number of para-hydroxylation sites is 1. The fourth-order valence-electron chi connectivity index (χ4n) is 1.81. The summed E-state index contributed by atoms with van der Waals surface area (Å²) < 4.78 is 32.0. The van der Waals surface area contributed by atoms with Crippen LogP contribution in [0.3, 0.4) is 0 Å². The molecule has 0 saturated heterocycles. The molecule has 0 aliphatic rings. The Hall–Kier alpha value is -2.14. The zero-order valence-corrected chi connectivity index (χ0v) is 12.5. The molecule has 116 valence electrons. The van der Waals surface area contributed by atoms with Gasteiger partial charge in [0, 0.05) is 5.69 Å². The Morgan fingerprint density at radius 1 is 1.23 bits per heavy atom. The molecule has 22 heavy (non-hydrogen) atoms. The van der Waals surface area contributed by atoms with Gasteiger partial charge in [0.25, 0.3) is 5.91 Å². The first-order valence-corrected chi connectivity index (χ1v) is 7.06. The maximum atomic E-state index is 13.6. The number of benzene rings is 2. The van der Waals surface area contributed by atoms with Gasteiger partial charge in [-0.1, -0.05) is 30.7 Å². The Kier molecular flexibility index (Phi) is 5.33. The third kappa shape index (κ3) is 3.95. The van der Waals surface area contributed by atoms with Gasteiger partial charge in [-0.3, -0.25) is 4.79 Å². The molecule has 1 atom stereocenters. The van der Waals surface area contributed by atoms with Gasteiger partial charge in [-0.2, -0.15) is 0 Å². The lowest BCUT2D eigenvalue weighted by molar-refractivity contribution is -0.122. The largest absolute Gasteiger partial charge is 0.478 e. The van der Waals surface area contributed by atoms with Crippen molar-refractivity contribution in [3.8, 4) is 5.75 Å². The lowest BCUT2D eigenvalue weighted by Crippen LogP contribution is -2.32. The summed E-state index contributed by atoms with van der Waals surface area (Å²) >= 11 is 5.65. The van der Waals surface area contributed by atoms with Gasteiger partial charge in [0.15, 0.2) is 17.7 Å². The third-order valence-corrected chi connectivity index (χ3v) is 3.25. The zero-order valence-electron chi connectivity index (χ0n) is 11.8. The van der Waals surface area contributed by atoms with Crippen molar-refractivity contribution >= 4 is 23.2 Å². The summed E-state index contributed by atoms with van der Waals surface area (Å²) in [4.78, 5) is 12.2. The maximum absolute atomic E-state index is 13.6. The van der Waals surface area contributed by atoms with E-state index in [0.29, 0.717) is 12.1 Å². The van der Waals surface area contributed by atoms with Gasteiger partial charge < -0.3 is 10.1 Å². The standard InChI is InChI=1S/C16H14ClF2NO2/c1-2-14(22-15-6-4-3-5-13(15)19)16(21)20-10-7-8-12(18)11(17)9-10/h3-9,14H,2H2,1H3,(H,20,21)/t14-/m1/s1. The fourth-order valence-corrected chi connectivity index (χ4v) is 1.99. The molecule has 1 N–H and O–H groups in total. The number of nitrogens with one attached hydrogen (secondary N) is 1. The predicted molar refractivity (Wildman–Crippen MR) is 81.1 cm³/mol. The second kappa shape index (κ2) is 7.22. The number of carbonyl (C=O) groups is 1. The number of ether oxygens (including phenoxy) is 1. The number of carbonyl (C=O) groups excluding carboxylic acids is 1. The molecule has 2 aromatic rings. The van der Waals surface area contributed by atoms with E-state index in [9.17, 15) is 13.6 Å². The molecule has 3 nitrogen and oxygen atoms in total. The number of amides is 1. The second-order valence-electron chi connectivity index (χ2n) is 4.56. The topological polar surface area (TPSA) is 38.3 Å². The molecule has 0 fully saturated rings. The predicted octanol–water partition coefficient (Wildman–Crippen LogP) is 4.41. The van der Waals surface area contributed by atoms with E-state index in [4.69, 9.17) is 16.3 Å². The van der Waals surface area contributed by atoms with Gasteiger partial charge in [0.05, 0.1) is 5.02 Å². The summed E-state index contributed by atoms with van der Waals surface area (Å²) in [6.07, 6.45) is -0.532. The van der Waals surface area contributed by atoms with Crippen molar-refractivity contribution < 1.29 is 18.3 Å². The SMILES string of the molecule is CC[C@@H](Oc1ccccc1F)C(=O)Nc1ccc(F)c(Cl)c1. The van der Waals surface area contributed by atoms with Crippen LogP contribution >= 0.6 is 11.6 Å². The number of halogens is 3. The quantitative estimate of drug-likeness (QED) is 0.884. The number of hydrogen-bond donors (Lipinski definition) is 1. The summed E-state index contributed by atoms with van der Waals surface area (Å²) in [5.41, 5.74) is 0.340. The van der Waals surface area contributed by atoms with E-state index >= 15 is 0 Å². The summed E-state index contributed by atoms with van der Waals surface area (Å²) in [6.45, 7) is 1.74. The second-order valence-corrected chi connectivity index (χ2v) is 4.97. The molecule has 0 bridgehead atoms. The normalized spacial score (nSPS) is 11.8. The molecule has 0 spiro atoms. The van der Waals surface area contributed by atoms with Crippen molar-refractivity contribution in [3.63, 3.8) is 0 Å². The molecule has 0 heterocycles. The van der Waals surface area contributed by atoms with Crippen LogP contribution in [0.25, 0.3) is 0 Å². The first-order valence-electron chi connectivity index (χ1n) is 6.68. The van der Waals surface area contributed by atoms with E-state index in [0.717, 1.165) is 6.07 Å². The van der Waals surface area contributed by atoms with E-state index in [1.807, 2.05) is 0 Å². The molecule has 0 radical (unpaired) electrons. The molecular weight excluding hydrogens is 312 g/mol. The van der Waals surface area contributed by atoms with Gasteiger partial charge in [-0.15, -0.1) is 0 Å². The number of rotatable bonds is 5. The summed E-state index contributed by atoms with van der Waals surface area (Å²) in [5, 5.41) is 2.47. The highest BCUT2D eigenvalue weighted by atomic mass is 35.5. The van der Waals surface area contributed by atoms with Gasteiger partial charge in [0.2, 0.25) is 0 Å². The highest BCUT2D eigenvalue weighted by Crippen LogP contribution is 2.21. The molecule has 2 aromatic carbocycles. The van der Waals surface area contributed by atoms with Crippen LogP contribution in [0.15, 0.2) is 42.5 Å². The maximum Gasteiger partial charge on any atom is 0.265 e. The molecular formula is C16H14ClF2NO2. The Balaban J connectivity index is 2.08. The molecule has 0 aliphatic heterocycles. The highest BCUT2D eigenvalue weighted by Gasteiger charge is 2.20. The third-order valence-electron chi connectivity index (χ3n) is 2.96. The minimum absolute atomic E-state index is 0.00152. The van der Waals surface area contributed by atoms with E-state index in [2.05, 4.69) is 5.32 Å².